The number of hydrogen-bond donors (Lipinski definition) is 2. The lowest BCUT2D eigenvalue weighted by molar-refractivity contribution is 0.419. The van der Waals surface area contributed by atoms with Gasteiger partial charge in [-0.3, -0.25) is 5.84 Å². The number of hydrazine groups is 1. The van der Waals surface area contributed by atoms with Crippen LogP contribution in [0, 0.1) is 6.92 Å². The molecule has 0 bridgehead atoms. The van der Waals surface area contributed by atoms with E-state index in [9.17, 15) is 0 Å². The quantitative estimate of drug-likeness (QED) is 0.652. The van der Waals surface area contributed by atoms with Gasteiger partial charge in [0.05, 0.1) is 6.04 Å². The Morgan fingerprint density at radius 1 is 0.950 bits per heavy atom. The van der Waals surface area contributed by atoms with Crippen LogP contribution in [0.4, 0.5) is 0 Å². The van der Waals surface area contributed by atoms with Gasteiger partial charge in [0, 0.05) is 0 Å². The lowest BCUT2D eigenvalue weighted by Crippen LogP contribution is -2.28. The smallest absolute Gasteiger partial charge is 0.0710 e. The Hall–Kier alpha value is -1.64. The van der Waals surface area contributed by atoms with Crippen molar-refractivity contribution in [3.63, 3.8) is 0 Å². The first-order valence-electron chi connectivity index (χ1n) is 7.40. The topological polar surface area (TPSA) is 38.0 Å². The minimum Gasteiger partial charge on any atom is -0.271 e. The molecule has 0 heterocycles. The number of aryl methyl sites for hydroxylation is 1. The summed E-state index contributed by atoms with van der Waals surface area (Å²) in [6.07, 6.45) is 4.06. The Bertz CT molecular complexity index is 553. The van der Waals surface area contributed by atoms with Crippen LogP contribution in [-0.2, 0) is 0 Å². The predicted octanol–water partition coefficient (Wildman–Crippen LogP) is 3.82. The van der Waals surface area contributed by atoms with Crippen molar-refractivity contribution in [2.45, 2.75) is 38.1 Å². The van der Waals surface area contributed by atoms with Gasteiger partial charge in [-0.25, -0.2) is 5.43 Å². The third kappa shape index (κ3) is 2.62. The second-order valence-electron chi connectivity index (χ2n) is 5.80. The molecular weight excluding hydrogens is 244 g/mol. The van der Waals surface area contributed by atoms with E-state index in [-0.39, 0.29) is 6.04 Å². The van der Waals surface area contributed by atoms with Crippen molar-refractivity contribution in [3.05, 3.63) is 70.8 Å². The molecule has 0 spiro atoms. The van der Waals surface area contributed by atoms with Crippen LogP contribution in [0.1, 0.15) is 53.5 Å². The largest absolute Gasteiger partial charge is 0.271 e. The molecule has 0 saturated heterocycles. The predicted molar refractivity (Wildman–Crippen MR) is 83.4 cm³/mol. The molecule has 0 aliphatic heterocycles. The van der Waals surface area contributed by atoms with Crippen LogP contribution in [0.3, 0.4) is 0 Å². The van der Waals surface area contributed by atoms with Gasteiger partial charge in [0.2, 0.25) is 0 Å². The zero-order chi connectivity index (χ0) is 13.9. The first-order chi connectivity index (χ1) is 9.78. The van der Waals surface area contributed by atoms with Crippen molar-refractivity contribution < 1.29 is 0 Å². The molecule has 1 aliphatic rings. The number of nitrogens with two attached hydrogens (primary N) is 1. The van der Waals surface area contributed by atoms with Gasteiger partial charge in [-0.05, 0) is 42.4 Å². The third-order valence-electron chi connectivity index (χ3n) is 4.42. The second kappa shape index (κ2) is 5.78. The van der Waals surface area contributed by atoms with Gasteiger partial charge in [0.25, 0.3) is 0 Å². The Morgan fingerprint density at radius 3 is 1.95 bits per heavy atom. The molecule has 0 amide bonds. The molecule has 1 aliphatic carbocycles. The normalized spacial score (nSPS) is 16.7. The van der Waals surface area contributed by atoms with Crippen molar-refractivity contribution in [1.29, 1.82) is 0 Å². The van der Waals surface area contributed by atoms with E-state index in [0.717, 1.165) is 5.92 Å². The summed E-state index contributed by atoms with van der Waals surface area (Å²) in [6.45, 7) is 2.10. The second-order valence-corrected chi connectivity index (χ2v) is 5.80. The molecule has 104 valence electrons. The van der Waals surface area contributed by atoms with Gasteiger partial charge in [-0.2, -0.15) is 0 Å². The van der Waals surface area contributed by atoms with E-state index in [1.54, 1.807) is 0 Å². The van der Waals surface area contributed by atoms with Crippen LogP contribution in [-0.4, -0.2) is 0 Å². The minimum absolute atomic E-state index is 0.0611. The molecule has 3 N–H and O–H groups in total. The highest BCUT2D eigenvalue weighted by Gasteiger charge is 2.20. The van der Waals surface area contributed by atoms with Gasteiger partial charge >= 0.3 is 0 Å². The summed E-state index contributed by atoms with van der Waals surface area (Å²) in [6, 6.07) is 17.5. The van der Waals surface area contributed by atoms with E-state index in [1.165, 1.54) is 41.5 Å². The molecule has 2 aromatic carbocycles. The van der Waals surface area contributed by atoms with Gasteiger partial charge in [0.15, 0.2) is 0 Å². The summed E-state index contributed by atoms with van der Waals surface area (Å²) < 4.78 is 0. The monoisotopic (exact) mass is 266 g/mol. The Labute approximate surface area is 121 Å². The Morgan fingerprint density at radius 2 is 1.50 bits per heavy atom. The van der Waals surface area contributed by atoms with Gasteiger partial charge in [-0.1, -0.05) is 60.5 Å². The molecule has 2 heteroatoms. The maximum absolute atomic E-state index is 5.76. The molecule has 0 radical (unpaired) electrons. The highest BCUT2D eigenvalue weighted by atomic mass is 15.2. The van der Waals surface area contributed by atoms with Crippen molar-refractivity contribution in [2.75, 3.05) is 0 Å². The Kier molecular flexibility index (Phi) is 3.86. The molecule has 1 saturated carbocycles. The van der Waals surface area contributed by atoms with E-state index >= 15 is 0 Å². The highest BCUT2D eigenvalue weighted by Crippen LogP contribution is 2.36. The summed E-state index contributed by atoms with van der Waals surface area (Å²) in [5.74, 6) is 6.54. The average Bonchev–Trinajstić information content (AvgIpc) is 2.42. The van der Waals surface area contributed by atoms with Crippen LogP contribution < -0.4 is 11.3 Å². The van der Waals surface area contributed by atoms with Crippen LogP contribution in [0.5, 0.6) is 0 Å². The van der Waals surface area contributed by atoms with Gasteiger partial charge in [0.1, 0.15) is 0 Å². The van der Waals surface area contributed by atoms with Crippen molar-refractivity contribution in [3.8, 4) is 0 Å². The van der Waals surface area contributed by atoms with E-state index < -0.39 is 0 Å². The number of benzene rings is 2. The van der Waals surface area contributed by atoms with E-state index in [4.69, 9.17) is 5.84 Å². The lowest BCUT2D eigenvalue weighted by atomic mass is 9.79. The van der Waals surface area contributed by atoms with Crippen molar-refractivity contribution in [1.82, 2.24) is 5.43 Å². The molecule has 0 aromatic heterocycles. The molecule has 1 fully saturated rings. The molecule has 3 rings (SSSR count). The van der Waals surface area contributed by atoms with E-state index in [0.29, 0.717) is 0 Å². The number of hydrogen-bond acceptors (Lipinski definition) is 2. The third-order valence-corrected chi connectivity index (χ3v) is 4.42. The fourth-order valence-corrected chi connectivity index (χ4v) is 2.85. The summed E-state index contributed by atoms with van der Waals surface area (Å²) in [5, 5.41) is 0. The minimum atomic E-state index is 0.0611. The van der Waals surface area contributed by atoms with E-state index in [1.807, 2.05) is 0 Å². The fraction of sp³-hybridized carbons (Fsp3) is 0.333. The maximum atomic E-state index is 5.76. The first-order valence-corrected chi connectivity index (χ1v) is 7.40. The molecule has 1 unspecified atom stereocenters. The van der Waals surface area contributed by atoms with Crippen LogP contribution in [0.15, 0.2) is 48.5 Å². The van der Waals surface area contributed by atoms with Gasteiger partial charge < -0.3 is 0 Å². The van der Waals surface area contributed by atoms with Crippen LogP contribution in [0.2, 0.25) is 0 Å². The van der Waals surface area contributed by atoms with Crippen molar-refractivity contribution >= 4 is 0 Å². The summed E-state index contributed by atoms with van der Waals surface area (Å²) in [7, 11) is 0. The first kappa shape index (κ1) is 13.3. The average molecular weight is 266 g/mol. The zero-order valence-corrected chi connectivity index (χ0v) is 12.0. The summed E-state index contributed by atoms with van der Waals surface area (Å²) >= 11 is 0. The van der Waals surface area contributed by atoms with Crippen LogP contribution in [0.25, 0.3) is 0 Å². The van der Waals surface area contributed by atoms with E-state index in [2.05, 4.69) is 60.9 Å². The standard InChI is InChI=1S/C18H22N2/c1-13-5-7-16(8-6-13)18(20-19)17-11-9-15(10-12-17)14-3-2-4-14/h5-12,14,18,20H,2-4,19H2,1H3. The molecule has 1 atom stereocenters. The number of nitrogens with one attached hydrogen (secondary N) is 1. The number of rotatable bonds is 4. The van der Waals surface area contributed by atoms with Crippen LogP contribution >= 0.6 is 0 Å². The molecule has 2 aromatic rings. The van der Waals surface area contributed by atoms with Crippen molar-refractivity contribution in [2.24, 2.45) is 5.84 Å². The molecular formula is C18H22N2. The maximum Gasteiger partial charge on any atom is 0.0710 e. The summed E-state index contributed by atoms with van der Waals surface area (Å²) in [5.41, 5.74) is 8.10. The molecule has 2 nitrogen and oxygen atoms in total. The summed E-state index contributed by atoms with van der Waals surface area (Å²) in [4.78, 5) is 0. The molecule has 20 heavy (non-hydrogen) atoms. The fourth-order valence-electron chi connectivity index (χ4n) is 2.85. The highest BCUT2D eigenvalue weighted by molar-refractivity contribution is 5.35. The Balaban J connectivity index is 1.83. The zero-order valence-electron chi connectivity index (χ0n) is 12.0. The van der Waals surface area contributed by atoms with Gasteiger partial charge in [-0.15, -0.1) is 0 Å². The lowest BCUT2D eigenvalue weighted by Gasteiger charge is -2.26. The SMILES string of the molecule is Cc1ccc(C(NN)c2ccc(C3CCC3)cc2)cc1.